The van der Waals surface area contributed by atoms with Gasteiger partial charge in [-0.3, -0.25) is 4.79 Å². The van der Waals surface area contributed by atoms with Crippen molar-refractivity contribution in [2.45, 2.75) is 26.8 Å². The van der Waals surface area contributed by atoms with E-state index >= 15 is 0 Å². The first-order valence-electron chi connectivity index (χ1n) is 7.47. The number of anilines is 1. The van der Waals surface area contributed by atoms with Gasteiger partial charge in [0, 0.05) is 32.4 Å². The summed E-state index contributed by atoms with van der Waals surface area (Å²) in [5.41, 5.74) is 3.92. The Balaban J connectivity index is 2.13. The largest absolute Gasteiger partial charge is 0.365 e. The van der Waals surface area contributed by atoms with E-state index in [4.69, 9.17) is 0 Å². The lowest BCUT2D eigenvalue weighted by Crippen LogP contribution is -2.39. The van der Waals surface area contributed by atoms with Crippen LogP contribution in [0.1, 0.15) is 25.0 Å². The van der Waals surface area contributed by atoms with E-state index in [1.165, 1.54) is 16.8 Å². The number of likely N-dealkylation sites (N-methyl/N-ethyl adjacent to an activating group) is 2. The topological polar surface area (TPSA) is 35.6 Å². The molecule has 0 aliphatic carbocycles. The second kappa shape index (κ2) is 6.75. The van der Waals surface area contributed by atoms with E-state index in [9.17, 15) is 4.79 Å². The van der Waals surface area contributed by atoms with Gasteiger partial charge in [0.05, 0.1) is 6.54 Å². The zero-order chi connectivity index (χ0) is 14.5. The van der Waals surface area contributed by atoms with Gasteiger partial charge in [-0.25, -0.2) is 0 Å². The van der Waals surface area contributed by atoms with Crippen LogP contribution >= 0.6 is 0 Å². The fraction of sp³-hybridized carbons (Fsp3) is 0.562. The number of nitrogens with one attached hydrogen (secondary N) is 1. The highest BCUT2D eigenvalue weighted by molar-refractivity contribution is 5.81. The van der Waals surface area contributed by atoms with E-state index in [1.807, 2.05) is 25.8 Å². The first-order chi connectivity index (χ1) is 9.67. The number of carbonyl (C=O) groups excluding carboxylic acids is 1. The number of benzene rings is 1. The minimum Gasteiger partial charge on any atom is -0.365 e. The van der Waals surface area contributed by atoms with Crippen LogP contribution in [0.15, 0.2) is 18.2 Å². The van der Waals surface area contributed by atoms with Crippen molar-refractivity contribution in [3.05, 3.63) is 29.3 Å². The van der Waals surface area contributed by atoms with E-state index < -0.39 is 0 Å². The van der Waals surface area contributed by atoms with Crippen LogP contribution in [-0.2, 0) is 17.8 Å². The molecule has 0 spiro atoms. The van der Waals surface area contributed by atoms with Crippen molar-refractivity contribution in [1.82, 2.24) is 10.2 Å². The Morgan fingerprint density at radius 1 is 1.30 bits per heavy atom. The lowest BCUT2D eigenvalue weighted by Gasteiger charge is -2.28. The van der Waals surface area contributed by atoms with E-state index in [0.717, 1.165) is 32.6 Å². The van der Waals surface area contributed by atoms with Crippen LogP contribution in [0.3, 0.4) is 0 Å². The summed E-state index contributed by atoms with van der Waals surface area (Å²) in [6, 6.07) is 6.40. The van der Waals surface area contributed by atoms with Gasteiger partial charge < -0.3 is 15.1 Å². The van der Waals surface area contributed by atoms with E-state index in [-0.39, 0.29) is 5.91 Å². The van der Waals surface area contributed by atoms with Crippen molar-refractivity contribution < 1.29 is 4.79 Å². The summed E-state index contributed by atoms with van der Waals surface area (Å²) >= 11 is 0. The first kappa shape index (κ1) is 14.9. The molecule has 2 rings (SSSR count). The Bertz CT molecular complexity index is 469. The average molecular weight is 275 g/mol. The van der Waals surface area contributed by atoms with E-state index in [2.05, 4.69) is 28.4 Å². The van der Waals surface area contributed by atoms with Gasteiger partial charge >= 0.3 is 0 Å². The van der Waals surface area contributed by atoms with Crippen molar-refractivity contribution >= 4 is 11.6 Å². The van der Waals surface area contributed by atoms with Crippen LogP contribution in [-0.4, -0.2) is 44.0 Å². The summed E-state index contributed by atoms with van der Waals surface area (Å²) in [6.07, 6.45) is 1.07. The van der Waals surface area contributed by atoms with Crippen molar-refractivity contribution in [2.24, 2.45) is 0 Å². The lowest BCUT2D eigenvalue weighted by atomic mass is 9.99. The third-order valence-corrected chi connectivity index (χ3v) is 4.02. The first-order valence-corrected chi connectivity index (χ1v) is 7.47. The molecule has 0 radical (unpaired) electrons. The van der Waals surface area contributed by atoms with Crippen LogP contribution in [0, 0.1) is 0 Å². The highest BCUT2D eigenvalue weighted by Crippen LogP contribution is 2.25. The SMILES string of the molecule is CCN(CC)C(=O)CN(C)c1cccc2c1CNCC2. The van der Waals surface area contributed by atoms with Crippen LogP contribution in [0.25, 0.3) is 0 Å². The van der Waals surface area contributed by atoms with Gasteiger partial charge in [-0.15, -0.1) is 0 Å². The minimum atomic E-state index is 0.193. The van der Waals surface area contributed by atoms with Crippen LogP contribution in [0.4, 0.5) is 5.69 Å². The predicted octanol–water partition coefficient (Wildman–Crippen LogP) is 1.64. The van der Waals surface area contributed by atoms with Crippen LogP contribution in [0.2, 0.25) is 0 Å². The molecule has 4 heteroatoms. The Labute approximate surface area is 121 Å². The quantitative estimate of drug-likeness (QED) is 0.887. The smallest absolute Gasteiger partial charge is 0.242 e. The molecule has 0 fully saturated rings. The maximum absolute atomic E-state index is 12.2. The Hall–Kier alpha value is -1.55. The second-order valence-electron chi connectivity index (χ2n) is 5.26. The van der Waals surface area contributed by atoms with Gasteiger partial charge in [0.25, 0.3) is 0 Å². The number of rotatable bonds is 5. The molecule has 0 atom stereocenters. The van der Waals surface area contributed by atoms with Gasteiger partial charge in [-0.2, -0.15) is 0 Å². The van der Waals surface area contributed by atoms with Gasteiger partial charge in [0.1, 0.15) is 0 Å². The summed E-state index contributed by atoms with van der Waals surface area (Å²) < 4.78 is 0. The number of nitrogens with zero attached hydrogens (tertiary/aromatic N) is 2. The summed E-state index contributed by atoms with van der Waals surface area (Å²) in [5.74, 6) is 0.193. The maximum Gasteiger partial charge on any atom is 0.242 e. The average Bonchev–Trinajstić information content (AvgIpc) is 2.47. The summed E-state index contributed by atoms with van der Waals surface area (Å²) in [6.45, 7) is 7.98. The van der Waals surface area contributed by atoms with Gasteiger partial charge in [-0.1, -0.05) is 12.1 Å². The molecule has 1 aliphatic heterocycles. The van der Waals surface area contributed by atoms with Gasteiger partial charge in [0.2, 0.25) is 5.91 Å². The zero-order valence-corrected chi connectivity index (χ0v) is 12.8. The molecule has 20 heavy (non-hydrogen) atoms. The molecular formula is C16H25N3O. The molecule has 1 aliphatic rings. The fourth-order valence-corrected chi connectivity index (χ4v) is 2.82. The molecular weight excluding hydrogens is 250 g/mol. The number of fused-ring (bicyclic) bond motifs is 1. The number of hydrogen-bond donors (Lipinski definition) is 1. The lowest BCUT2D eigenvalue weighted by molar-refractivity contribution is -0.129. The highest BCUT2D eigenvalue weighted by atomic mass is 16.2. The maximum atomic E-state index is 12.2. The highest BCUT2D eigenvalue weighted by Gasteiger charge is 2.18. The third-order valence-electron chi connectivity index (χ3n) is 4.02. The molecule has 1 amide bonds. The standard InChI is InChI=1S/C16H25N3O/c1-4-19(5-2)16(20)12-18(3)15-8-6-7-13-9-10-17-11-14(13)15/h6-8,17H,4-5,9-12H2,1-3H3. The normalized spacial score (nSPS) is 13.8. The molecule has 1 aromatic rings. The molecule has 1 aromatic carbocycles. The van der Waals surface area contributed by atoms with Crippen molar-refractivity contribution in [3.8, 4) is 0 Å². The summed E-state index contributed by atoms with van der Waals surface area (Å²) in [7, 11) is 2.01. The monoisotopic (exact) mass is 275 g/mol. The van der Waals surface area contributed by atoms with Crippen LogP contribution < -0.4 is 10.2 Å². The van der Waals surface area contributed by atoms with Crippen molar-refractivity contribution in [2.75, 3.05) is 38.1 Å². The van der Waals surface area contributed by atoms with Crippen molar-refractivity contribution in [1.29, 1.82) is 0 Å². The Morgan fingerprint density at radius 2 is 2.05 bits per heavy atom. The molecule has 0 saturated carbocycles. The molecule has 0 aromatic heterocycles. The zero-order valence-electron chi connectivity index (χ0n) is 12.8. The fourth-order valence-electron chi connectivity index (χ4n) is 2.82. The van der Waals surface area contributed by atoms with E-state index in [1.54, 1.807) is 0 Å². The number of carbonyl (C=O) groups is 1. The number of hydrogen-bond acceptors (Lipinski definition) is 3. The minimum absolute atomic E-state index is 0.193. The van der Waals surface area contributed by atoms with E-state index in [0.29, 0.717) is 6.54 Å². The Kier molecular flexibility index (Phi) is 5.01. The molecule has 1 N–H and O–H groups in total. The molecule has 0 bridgehead atoms. The van der Waals surface area contributed by atoms with Gasteiger partial charge in [0.15, 0.2) is 0 Å². The summed E-state index contributed by atoms with van der Waals surface area (Å²) in [4.78, 5) is 16.2. The van der Waals surface area contributed by atoms with Crippen LogP contribution in [0.5, 0.6) is 0 Å². The second-order valence-corrected chi connectivity index (χ2v) is 5.26. The molecule has 0 saturated heterocycles. The molecule has 4 nitrogen and oxygen atoms in total. The predicted molar refractivity (Wildman–Crippen MR) is 83.1 cm³/mol. The van der Waals surface area contributed by atoms with Crippen molar-refractivity contribution in [3.63, 3.8) is 0 Å². The summed E-state index contributed by atoms with van der Waals surface area (Å²) in [5, 5.41) is 3.41. The van der Waals surface area contributed by atoms with Gasteiger partial charge in [-0.05, 0) is 44.0 Å². The number of amides is 1. The molecule has 110 valence electrons. The molecule has 1 heterocycles. The third kappa shape index (κ3) is 3.12. The Morgan fingerprint density at radius 3 is 2.75 bits per heavy atom. The molecule has 0 unspecified atom stereocenters.